The van der Waals surface area contributed by atoms with E-state index in [0.717, 1.165) is 10.9 Å². The monoisotopic (exact) mass is 1140 g/mol. The third-order valence-electron chi connectivity index (χ3n) is 12.5. The molecule has 4 saturated heterocycles. The zero-order chi connectivity index (χ0) is 56.4. The number of amides is 2. The predicted molar refractivity (Wildman–Crippen MR) is 227 cm³/mol. The molecule has 16 N–H and O–H groups in total. The number of carboxylic acid groups (broad SMARTS) is 2. The Balaban J connectivity index is 0.00000800. The number of carbonyl (C=O) groups is 4. The third kappa shape index (κ3) is 16.6. The second kappa shape index (κ2) is 30.9. The van der Waals surface area contributed by atoms with E-state index in [0.29, 0.717) is 0 Å². The summed E-state index contributed by atoms with van der Waals surface area (Å²) in [5, 5.41) is 187. The number of aliphatic carboxylic acids is 2. The number of aromatic nitrogens is 3. The van der Waals surface area contributed by atoms with Gasteiger partial charge in [-0.3, -0.25) is 9.59 Å². The Labute approximate surface area is 483 Å². The molecule has 0 bridgehead atoms. The van der Waals surface area contributed by atoms with Gasteiger partial charge in [0.25, 0.3) is 0 Å². The molecule has 5 rings (SSSR count). The van der Waals surface area contributed by atoms with Crippen LogP contribution in [-0.2, 0) is 70.2 Å². The van der Waals surface area contributed by atoms with E-state index in [1.165, 1.54) is 0 Å². The van der Waals surface area contributed by atoms with Crippen LogP contribution >= 0.6 is 0 Å². The molecule has 0 radical (unpaired) electrons. The van der Waals surface area contributed by atoms with Crippen LogP contribution in [0.2, 0.25) is 0 Å². The Bertz CT molecular complexity index is 2220. The topological polar surface area (TPSA) is 575 Å². The number of aliphatic hydroxyl groups excluding tert-OH is 14. The first kappa shape index (κ1) is 69.3. The Morgan fingerprint density at radius 2 is 1.22 bits per heavy atom. The van der Waals surface area contributed by atoms with E-state index in [4.69, 9.17) is 49.8 Å². The van der Waals surface area contributed by atoms with Gasteiger partial charge in [0.2, 0.25) is 23.4 Å². The largest absolute Gasteiger partial charge is 1.00 e. The van der Waals surface area contributed by atoms with Gasteiger partial charge in [0.05, 0.1) is 63.5 Å². The van der Waals surface area contributed by atoms with Crippen LogP contribution in [0.4, 0.5) is 0 Å². The van der Waals surface area contributed by atoms with E-state index >= 15 is 0 Å². The summed E-state index contributed by atoms with van der Waals surface area (Å²) in [6.45, 7) is -7.01. The fourth-order valence-corrected chi connectivity index (χ4v) is 8.37. The summed E-state index contributed by atoms with van der Waals surface area (Å²) >= 11 is 0. The van der Waals surface area contributed by atoms with Crippen molar-refractivity contribution in [3.8, 4) is 12.3 Å². The molecule has 4 aliphatic heterocycles. The van der Waals surface area contributed by atoms with Crippen molar-refractivity contribution in [1.29, 1.82) is 0 Å². The number of terminal acetylenes is 1. The van der Waals surface area contributed by atoms with Crippen molar-refractivity contribution in [1.82, 2.24) is 25.6 Å². The molecule has 1 aromatic heterocycles. The molecule has 2 amide bonds. The Morgan fingerprint density at radius 3 is 1.64 bits per heavy atom. The summed E-state index contributed by atoms with van der Waals surface area (Å²) in [6, 6.07) is -3.53. The zero-order valence-corrected chi connectivity index (χ0v) is 45.4. The summed E-state index contributed by atoms with van der Waals surface area (Å²) in [6.07, 6.45) is -31.7. The van der Waals surface area contributed by atoms with E-state index in [1.54, 1.807) is 0 Å². The average Bonchev–Trinajstić information content (AvgIpc) is 3.85. The summed E-state index contributed by atoms with van der Waals surface area (Å²) in [4.78, 5) is 53.2. The Morgan fingerprint density at radius 1 is 0.769 bits per heavy atom. The molecule has 78 heavy (non-hydrogen) atoms. The van der Waals surface area contributed by atoms with Crippen LogP contribution in [0.25, 0.3) is 10.4 Å². The molecule has 4 aliphatic rings. The summed E-state index contributed by atoms with van der Waals surface area (Å²) < 4.78 is 44.3. The van der Waals surface area contributed by atoms with Crippen LogP contribution < -0.4 is 80.0 Å². The maximum absolute atomic E-state index is 13.4. The van der Waals surface area contributed by atoms with Crippen LogP contribution in [0, 0.1) is 12.3 Å². The third-order valence-corrected chi connectivity index (χ3v) is 12.5. The van der Waals surface area contributed by atoms with E-state index in [1.807, 2.05) is 0 Å². The number of hydrogen-bond donors (Lipinski definition) is 16. The smallest absolute Gasteiger partial charge is 0.544 e. The van der Waals surface area contributed by atoms with Gasteiger partial charge in [0.15, 0.2) is 12.6 Å². The fraction of sp³-hybridized carbons (Fsp3) is 0.800. The van der Waals surface area contributed by atoms with E-state index in [-0.39, 0.29) is 64.8 Å². The first-order chi connectivity index (χ1) is 35.9. The summed E-state index contributed by atoms with van der Waals surface area (Å²) in [5.74, 6) is -10.5. The second-order valence-electron chi connectivity index (χ2n) is 17.7. The van der Waals surface area contributed by atoms with E-state index in [2.05, 4.69) is 36.9 Å². The zero-order valence-electron chi connectivity index (χ0n) is 41.4. The van der Waals surface area contributed by atoms with Gasteiger partial charge in [-0.15, -0.1) is 11.5 Å². The van der Waals surface area contributed by atoms with Gasteiger partial charge in [-0.25, -0.2) is 4.68 Å². The van der Waals surface area contributed by atoms with Crippen LogP contribution in [0.3, 0.4) is 0 Å². The molecule has 4 fully saturated rings. The van der Waals surface area contributed by atoms with Crippen LogP contribution in [0.15, 0.2) is 11.3 Å². The molecule has 0 aromatic carbocycles. The van der Waals surface area contributed by atoms with Crippen LogP contribution in [0.1, 0.15) is 18.5 Å². The van der Waals surface area contributed by atoms with Crippen molar-refractivity contribution in [2.45, 2.75) is 160 Å². The minimum atomic E-state index is -3.08. The molecule has 22 atom stereocenters. The number of hydrogen-bond acceptors (Lipinski definition) is 31. The normalized spacial score (nSPS) is 36.4. The predicted octanol–water partition coefficient (Wildman–Crippen LogP) is -20.0. The van der Waals surface area contributed by atoms with E-state index in [9.17, 15) is 101 Å². The number of carboxylic acids is 2. The SMILES string of the molecule is C#CCO[C@@H]1O[C@H](CO[C@]2(C(=O)[O-])C[C@H](O)[C@@H](NC(=O)Cn3cc(CO[C@@H]4O[C@H](CO[C@]5(C(=O)[O-])C[C@H](O)[C@@H](NC(=O)CN=[N+]=[N-])[C@H]([C@H](O)[C@H](O)CO)O5)[C@H](O)[C@H](O)[C@H]4O)nn3)[C@H]([C@H](O)[C@H](O)CO)O2)[C@H](O)[C@H](O)[C@H]1O.[Na+].[Na+]. The molecule has 0 aliphatic carbocycles. The van der Waals surface area contributed by atoms with Gasteiger partial charge in [-0.1, -0.05) is 16.2 Å². The molecule has 0 unspecified atom stereocenters. The van der Waals surface area contributed by atoms with Crippen molar-refractivity contribution < 1.29 is 198 Å². The molecular weight excluding hydrogens is 1090 g/mol. The standard InChI is InChI=1S/C40H60N8O28.2Na/c1-2-3-69-35-31(63)29(61)27(59)19(73-35)12-71-40(38(67)68)5-16(52)24(34(76-40)26(58)18(54)10-50)44-22(56)8-48-7-14(45-47-48)11-70-36-32(64)30(62)28(60)20(74-36)13-72-39(37(65)66)4-15(51)23(43-21(55)6-42-46-41)33(75-39)25(57)17(53)9-49;;/h1,7,15-20,23-36,49-54,57-64H,3-6,8-13H2,(H,43,55)(H,44,56)(H,65,66)(H,67,68);;/q;2*+1/p-2/t15-,16-,17+,18+,19+,20+,23+,24+,25+,26+,27-,28-,29-,30-,31+,32+,33+,34+,35+,36+,39+,40+;;/m0../s1. The molecule has 5 heterocycles. The number of carbonyl (C=O) groups excluding carboxylic acids is 4. The van der Waals surface area contributed by atoms with Gasteiger partial charge >= 0.3 is 59.1 Å². The van der Waals surface area contributed by atoms with E-state index < -0.39 is 223 Å². The minimum Gasteiger partial charge on any atom is -0.544 e. The maximum Gasteiger partial charge on any atom is 1.00 e. The number of nitrogens with zero attached hydrogens (tertiary/aromatic N) is 6. The molecule has 0 spiro atoms. The molecule has 38 heteroatoms. The van der Waals surface area contributed by atoms with Crippen molar-refractivity contribution in [3.63, 3.8) is 0 Å². The van der Waals surface area contributed by atoms with Gasteiger partial charge in [0.1, 0.15) is 123 Å². The molecule has 1 aromatic rings. The summed E-state index contributed by atoms with van der Waals surface area (Å²) in [5.41, 5.74) is 8.41. The second-order valence-corrected chi connectivity index (χ2v) is 17.7. The van der Waals surface area contributed by atoms with Crippen molar-refractivity contribution >= 4 is 23.8 Å². The van der Waals surface area contributed by atoms with Crippen molar-refractivity contribution in [2.24, 2.45) is 5.11 Å². The van der Waals surface area contributed by atoms with Gasteiger partial charge in [-0.2, -0.15) is 0 Å². The first-order valence-electron chi connectivity index (χ1n) is 22.8. The first-order valence-corrected chi connectivity index (χ1v) is 22.8. The summed E-state index contributed by atoms with van der Waals surface area (Å²) in [7, 11) is 0. The van der Waals surface area contributed by atoms with Gasteiger partial charge < -0.3 is 140 Å². The maximum atomic E-state index is 13.4. The number of nitrogens with one attached hydrogen (secondary N) is 2. The average molecular weight is 1140 g/mol. The fourth-order valence-electron chi connectivity index (χ4n) is 8.37. The number of azide groups is 1. The molecular formula is C40H58N8Na2O28. The number of aliphatic hydroxyl groups is 14. The number of rotatable bonds is 25. The van der Waals surface area contributed by atoms with Gasteiger partial charge in [0, 0.05) is 17.8 Å². The molecule has 0 saturated carbocycles. The Hall–Kier alpha value is -2.99. The molecule has 36 nitrogen and oxygen atoms in total. The Kier molecular flexibility index (Phi) is 27.4. The number of ether oxygens (including phenoxy) is 8. The van der Waals surface area contributed by atoms with Gasteiger partial charge in [-0.05, 0) is 5.53 Å². The van der Waals surface area contributed by atoms with Crippen molar-refractivity contribution in [2.75, 3.05) is 39.6 Å². The molecule has 428 valence electrons. The van der Waals surface area contributed by atoms with Crippen molar-refractivity contribution in [3.05, 3.63) is 22.3 Å². The minimum absolute atomic E-state index is 0. The van der Waals surface area contributed by atoms with Crippen LogP contribution in [-0.4, -0.2) is 284 Å². The quantitative estimate of drug-likeness (QED) is 0.0142. The van der Waals surface area contributed by atoms with Crippen LogP contribution in [0.5, 0.6) is 0 Å².